The molecule has 1 aromatic carbocycles. The Balaban J connectivity index is 2.86. The van der Waals surface area contributed by atoms with Gasteiger partial charge in [0.05, 0.1) is 0 Å². The first-order chi connectivity index (χ1) is 7.29. The van der Waals surface area contributed by atoms with Crippen molar-refractivity contribution in [3.63, 3.8) is 0 Å². The Morgan fingerprint density at radius 3 is 2.73 bits per heavy atom. The van der Waals surface area contributed by atoms with Gasteiger partial charge in [0.25, 0.3) is 0 Å². The quantitative estimate of drug-likeness (QED) is 0.745. The van der Waals surface area contributed by atoms with Crippen molar-refractivity contribution in [2.45, 2.75) is 26.3 Å². The zero-order valence-electron chi connectivity index (χ0n) is 9.18. The van der Waals surface area contributed by atoms with E-state index in [2.05, 4.69) is 17.2 Å². The maximum absolute atomic E-state index is 13.5. The van der Waals surface area contributed by atoms with Crippen LogP contribution < -0.4 is 5.32 Å². The zero-order valence-corrected chi connectivity index (χ0v) is 9.18. The second-order valence-electron chi connectivity index (χ2n) is 3.26. The lowest BCUT2D eigenvalue weighted by molar-refractivity contribution is 0.520. The fourth-order valence-corrected chi connectivity index (χ4v) is 1.50. The van der Waals surface area contributed by atoms with Crippen LogP contribution in [0.5, 0.6) is 0 Å². The van der Waals surface area contributed by atoms with Gasteiger partial charge in [0.1, 0.15) is 5.82 Å². The van der Waals surface area contributed by atoms with Crippen LogP contribution in [-0.4, -0.2) is 6.54 Å². The summed E-state index contributed by atoms with van der Waals surface area (Å²) in [6.45, 7) is 4.61. The van der Waals surface area contributed by atoms with Crippen molar-refractivity contribution in [3.8, 4) is 11.8 Å². The Morgan fingerprint density at radius 1 is 1.40 bits per heavy atom. The molecule has 0 aliphatic rings. The summed E-state index contributed by atoms with van der Waals surface area (Å²) < 4.78 is 13.5. The fourth-order valence-electron chi connectivity index (χ4n) is 1.50. The topological polar surface area (TPSA) is 12.0 Å². The average molecular weight is 205 g/mol. The average Bonchev–Trinajstić information content (AvgIpc) is 2.25. The lowest BCUT2D eigenvalue weighted by atomic mass is 10.0. The third-order valence-electron chi connectivity index (χ3n) is 2.21. The summed E-state index contributed by atoms with van der Waals surface area (Å²) in [5.74, 6) is 5.65. The molecule has 0 aliphatic heterocycles. The normalized spacial score (nSPS) is 11.7. The molecule has 15 heavy (non-hydrogen) atoms. The van der Waals surface area contributed by atoms with Crippen molar-refractivity contribution in [1.29, 1.82) is 0 Å². The highest BCUT2D eigenvalue weighted by Gasteiger charge is 2.12. The van der Waals surface area contributed by atoms with Gasteiger partial charge in [-0.1, -0.05) is 25.1 Å². The predicted molar refractivity (Wildman–Crippen MR) is 60.9 cm³/mol. The van der Waals surface area contributed by atoms with Crippen LogP contribution in [0.15, 0.2) is 24.3 Å². The SMILES string of the molecule is CC#CCC(NCC)c1ccccc1F. The maximum Gasteiger partial charge on any atom is 0.128 e. The summed E-state index contributed by atoms with van der Waals surface area (Å²) in [6.07, 6.45) is 0.644. The third-order valence-corrected chi connectivity index (χ3v) is 2.21. The molecule has 0 spiro atoms. The van der Waals surface area contributed by atoms with Crippen LogP contribution in [0.3, 0.4) is 0 Å². The standard InChI is InChI=1S/C13H16FN/c1-3-5-10-13(15-4-2)11-8-6-7-9-12(11)14/h6-9,13,15H,4,10H2,1-2H3. The Morgan fingerprint density at radius 2 is 2.13 bits per heavy atom. The molecule has 1 unspecified atom stereocenters. The van der Waals surface area contributed by atoms with Gasteiger partial charge < -0.3 is 5.32 Å². The lowest BCUT2D eigenvalue weighted by Crippen LogP contribution is -2.21. The first-order valence-corrected chi connectivity index (χ1v) is 5.17. The molecule has 1 aromatic rings. The van der Waals surface area contributed by atoms with E-state index >= 15 is 0 Å². The van der Waals surface area contributed by atoms with Crippen LogP contribution in [0.25, 0.3) is 0 Å². The van der Waals surface area contributed by atoms with E-state index in [1.54, 1.807) is 19.1 Å². The zero-order chi connectivity index (χ0) is 11.1. The van der Waals surface area contributed by atoms with E-state index in [4.69, 9.17) is 0 Å². The highest BCUT2D eigenvalue weighted by molar-refractivity contribution is 5.22. The molecule has 0 amide bonds. The lowest BCUT2D eigenvalue weighted by Gasteiger charge is -2.16. The van der Waals surface area contributed by atoms with Crippen molar-refractivity contribution in [2.24, 2.45) is 0 Å². The molecule has 2 heteroatoms. The van der Waals surface area contributed by atoms with Gasteiger partial charge in [0.15, 0.2) is 0 Å². The van der Waals surface area contributed by atoms with Crippen LogP contribution in [-0.2, 0) is 0 Å². The highest BCUT2D eigenvalue weighted by Crippen LogP contribution is 2.19. The molecule has 1 atom stereocenters. The van der Waals surface area contributed by atoms with Gasteiger partial charge in [0, 0.05) is 18.0 Å². The molecular formula is C13H16FN. The Hall–Kier alpha value is -1.33. The largest absolute Gasteiger partial charge is 0.309 e. The molecule has 1 nitrogen and oxygen atoms in total. The summed E-state index contributed by atoms with van der Waals surface area (Å²) in [7, 11) is 0. The summed E-state index contributed by atoms with van der Waals surface area (Å²) >= 11 is 0. The summed E-state index contributed by atoms with van der Waals surface area (Å²) in [5.41, 5.74) is 0.696. The number of hydrogen-bond acceptors (Lipinski definition) is 1. The minimum atomic E-state index is -0.165. The molecule has 0 aromatic heterocycles. The monoisotopic (exact) mass is 205 g/mol. The number of nitrogens with one attached hydrogen (secondary N) is 1. The smallest absolute Gasteiger partial charge is 0.128 e. The maximum atomic E-state index is 13.5. The number of benzene rings is 1. The minimum absolute atomic E-state index is 0.0105. The van der Waals surface area contributed by atoms with E-state index in [-0.39, 0.29) is 11.9 Å². The van der Waals surface area contributed by atoms with E-state index < -0.39 is 0 Å². The molecule has 0 radical (unpaired) electrons. The summed E-state index contributed by atoms with van der Waals surface area (Å²) in [5, 5.41) is 3.23. The second-order valence-corrected chi connectivity index (χ2v) is 3.26. The number of rotatable bonds is 4. The van der Waals surface area contributed by atoms with E-state index in [9.17, 15) is 4.39 Å². The number of hydrogen-bond donors (Lipinski definition) is 1. The minimum Gasteiger partial charge on any atom is -0.309 e. The van der Waals surface area contributed by atoms with Gasteiger partial charge in [-0.3, -0.25) is 0 Å². The molecule has 1 rings (SSSR count). The molecular weight excluding hydrogens is 189 g/mol. The van der Waals surface area contributed by atoms with Crippen molar-refractivity contribution in [3.05, 3.63) is 35.6 Å². The molecule has 80 valence electrons. The van der Waals surface area contributed by atoms with Crippen molar-refractivity contribution < 1.29 is 4.39 Å². The molecule has 0 heterocycles. The molecule has 0 saturated heterocycles. The highest BCUT2D eigenvalue weighted by atomic mass is 19.1. The molecule has 0 aliphatic carbocycles. The van der Waals surface area contributed by atoms with Gasteiger partial charge in [-0.25, -0.2) is 4.39 Å². The van der Waals surface area contributed by atoms with Gasteiger partial charge in [-0.15, -0.1) is 11.8 Å². The van der Waals surface area contributed by atoms with Gasteiger partial charge >= 0.3 is 0 Å². The van der Waals surface area contributed by atoms with Crippen LogP contribution in [0.2, 0.25) is 0 Å². The van der Waals surface area contributed by atoms with Gasteiger partial charge in [0.2, 0.25) is 0 Å². The van der Waals surface area contributed by atoms with E-state index in [0.717, 1.165) is 6.54 Å². The van der Waals surface area contributed by atoms with Crippen molar-refractivity contribution >= 4 is 0 Å². The Bertz CT molecular complexity index is 362. The van der Waals surface area contributed by atoms with Gasteiger partial charge in [-0.05, 0) is 19.5 Å². The molecule has 1 N–H and O–H groups in total. The second kappa shape index (κ2) is 6.21. The van der Waals surface area contributed by atoms with Crippen LogP contribution in [0.4, 0.5) is 4.39 Å². The Labute approximate surface area is 90.7 Å². The summed E-state index contributed by atoms with van der Waals surface area (Å²) in [4.78, 5) is 0. The molecule has 0 fully saturated rings. The molecule has 0 saturated carbocycles. The first kappa shape index (κ1) is 11.7. The fraction of sp³-hybridized carbons (Fsp3) is 0.385. The van der Waals surface area contributed by atoms with E-state index in [0.29, 0.717) is 12.0 Å². The molecule has 0 bridgehead atoms. The van der Waals surface area contributed by atoms with Crippen molar-refractivity contribution in [1.82, 2.24) is 5.32 Å². The van der Waals surface area contributed by atoms with Gasteiger partial charge in [-0.2, -0.15) is 0 Å². The van der Waals surface area contributed by atoms with Crippen LogP contribution in [0.1, 0.15) is 31.9 Å². The van der Waals surface area contributed by atoms with Crippen LogP contribution >= 0.6 is 0 Å². The summed E-state index contributed by atoms with van der Waals surface area (Å²) in [6, 6.07) is 6.83. The van der Waals surface area contributed by atoms with Crippen molar-refractivity contribution in [2.75, 3.05) is 6.54 Å². The van der Waals surface area contributed by atoms with E-state index in [1.807, 2.05) is 13.0 Å². The number of halogens is 1. The predicted octanol–water partition coefficient (Wildman–Crippen LogP) is 2.89. The van der Waals surface area contributed by atoms with E-state index in [1.165, 1.54) is 6.07 Å². The third kappa shape index (κ3) is 3.38. The van der Waals surface area contributed by atoms with Crippen LogP contribution in [0, 0.1) is 17.7 Å². The first-order valence-electron chi connectivity index (χ1n) is 5.17. The Kier molecular flexibility index (Phi) is 4.86.